The summed E-state index contributed by atoms with van der Waals surface area (Å²) in [6, 6.07) is 3.13. The van der Waals surface area contributed by atoms with Gasteiger partial charge in [-0.15, -0.1) is 0 Å². The van der Waals surface area contributed by atoms with Crippen LogP contribution in [0.25, 0.3) is 0 Å². The van der Waals surface area contributed by atoms with Crippen molar-refractivity contribution < 1.29 is 22.7 Å². The second kappa shape index (κ2) is 4.50. The summed E-state index contributed by atoms with van der Waals surface area (Å²) in [6.45, 7) is -0.132. The number of methoxy groups -OCH3 is 1. The highest BCUT2D eigenvalue weighted by Gasteiger charge is 2.31. The van der Waals surface area contributed by atoms with E-state index in [2.05, 4.69) is 4.84 Å². The molecule has 2 N–H and O–H groups in total. The number of alkyl halides is 3. The molecule has 0 fully saturated rings. The van der Waals surface area contributed by atoms with E-state index in [0.717, 1.165) is 12.1 Å². The predicted molar refractivity (Wildman–Crippen MR) is 47.0 cm³/mol. The lowest BCUT2D eigenvalue weighted by atomic mass is 10.1. The van der Waals surface area contributed by atoms with Crippen molar-refractivity contribution >= 4 is 0 Å². The topological polar surface area (TPSA) is 44.5 Å². The summed E-state index contributed by atoms with van der Waals surface area (Å²) in [6.07, 6.45) is -4.38. The molecule has 0 heterocycles. The summed E-state index contributed by atoms with van der Waals surface area (Å²) >= 11 is 0. The molecule has 3 nitrogen and oxygen atoms in total. The number of hydrogen-bond donors (Lipinski definition) is 1. The minimum absolute atomic E-state index is 0.132. The average molecular weight is 221 g/mol. The number of ether oxygens (including phenoxy) is 1. The average Bonchev–Trinajstić information content (AvgIpc) is 2.17. The van der Waals surface area contributed by atoms with Gasteiger partial charge in [0.05, 0.1) is 19.3 Å². The first-order chi connectivity index (χ1) is 6.99. The summed E-state index contributed by atoms with van der Waals surface area (Å²) in [7, 11) is 1.36. The Bertz CT molecular complexity index is 339. The number of rotatable bonds is 3. The molecule has 0 saturated heterocycles. The van der Waals surface area contributed by atoms with E-state index in [1.54, 1.807) is 0 Å². The Morgan fingerprint density at radius 1 is 1.33 bits per heavy atom. The summed E-state index contributed by atoms with van der Waals surface area (Å²) in [4.78, 5) is 4.29. The minimum atomic E-state index is -4.38. The van der Waals surface area contributed by atoms with Crippen molar-refractivity contribution in [1.82, 2.24) is 0 Å². The summed E-state index contributed by atoms with van der Waals surface area (Å²) in [5.41, 5.74) is -0.495. The van der Waals surface area contributed by atoms with Gasteiger partial charge in [0.2, 0.25) is 0 Å². The summed E-state index contributed by atoms with van der Waals surface area (Å²) < 4.78 is 41.9. The van der Waals surface area contributed by atoms with Crippen molar-refractivity contribution in [1.29, 1.82) is 0 Å². The zero-order chi connectivity index (χ0) is 11.5. The van der Waals surface area contributed by atoms with Crippen molar-refractivity contribution in [2.45, 2.75) is 12.8 Å². The minimum Gasteiger partial charge on any atom is -0.496 e. The molecule has 0 bridgehead atoms. The fourth-order valence-corrected chi connectivity index (χ4v) is 1.16. The number of nitrogens with two attached hydrogens (primary N) is 1. The first-order valence-corrected chi connectivity index (χ1v) is 4.05. The van der Waals surface area contributed by atoms with Crippen LogP contribution in [0.4, 0.5) is 13.2 Å². The maximum Gasteiger partial charge on any atom is 0.416 e. The van der Waals surface area contributed by atoms with E-state index in [0.29, 0.717) is 5.75 Å². The molecule has 1 rings (SSSR count). The smallest absolute Gasteiger partial charge is 0.416 e. The van der Waals surface area contributed by atoms with Gasteiger partial charge in [-0.05, 0) is 18.2 Å². The molecule has 0 aliphatic carbocycles. The third kappa shape index (κ3) is 2.84. The molecular weight excluding hydrogens is 211 g/mol. The third-order valence-electron chi connectivity index (χ3n) is 1.85. The Hall–Kier alpha value is -1.27. The summed E-state index contributed by atoms with van der Waals surface area (Å²) in [5.74, 6) is 5.12. The van der Waals surface area contributed by atoms with Gasteiger partial charge in [0.25, 0.3) is 0 Å². The van der Waals surface area contributed by atoms with Crippen molar-refractivity contribution in [2.24, 2.45) is 5.90 Å². The van der Waals surface area contributed by atoms with E-state index in [1.165, 1.54) is 13.2 Å². The van der Waals surface area contributed by atoms with Crippen LogP contribution in [0, 0.1) is 0 Å². The van der Waals surface area contributed by atoms with Crippen LogP contribution in [0.1, 0.15) is 11.1 Å². The van der Waals surface area contributed by atoms with Crippen LogP contribution in [-0.4, -0.2) is 7.11 Å². The molecule has 0 aliphatic heterocycles. The molecule has 0 radical (unpaired) electrons. The standard InChI is InChI=1S/C9H10F3NO2/c1-14-8-3-2-7(9(10,11)12)4-6(8)5-15-13/h2-4H,5,13H2,1H3. The van der Waals surface area contributed by atoms with Crippen molar-refractivity contribution in [3.63, 3.8) is 0 Å². The summed E-state index contributed by atoms with van der Waals surface area (Å²) in [5, 5.41) is 0. The second-order valence-electron chi connectivity index (χ2n) is 2.84. The van der Waals surface area contributed by atoms with Gasteiger partial charge in [-0.2, -0.15) is 13.2 Å². The normalized spacial score (nSPS) is 11.5. The van der Waals surface area contributed by atoms with Crippen LogP contribution in [0.5, 0.6) is 5.75 Å². The van der Waals surface area contributed by atoms with Crippen LogP contribution >= 0.6 is 0 Å². The molecule has 84 valence electrons. The van der Waals surface area contributed by atoms with Crippen LogP contribution in [0.3, 0.4) is 0 Å². The van der Waals surface area contributed by atoms with Crippen molar-refractivity contribution in [2.75, 3.05) is 7.11 Å². The first kappa shape index (κ1) is 11.8. The molecule has 0 aliphatic rings. The lowest BCUT2D eigenvalue weighted by Gasteiger charge is -2.11. The molecule has 0 unspecified atom stereocenters. The Labute approximate surface area is 84.5 Å². The highest BCUT2D eigenvalue weighted by molar-refractivity contribution is 5.37. The van der Waals surface area contributed by atoms with Gasteiger partial charge in [-0.25, -0.2) is 5.90 Å². The fraction of sp³-hybridized carbons (Fsp3) is 0.333. The molecule has 6 heteroatoms. The van der Waals surface area contributed by atoms with Gasteiger partial charge in [-0.1, -0.05) is 0 Å². The fourth-order valence-electron chi connectivity index (χ4n) is 1.16. The van der Waals surface area contributed by atoms with Gasteiger partial charge in [0, 0.05) is 5.56 Å². The predicted octanol–water partition coefficient (Wildman–Crippen LogP) is 2.10. The van der Waals surface area contributed by atoms with Gasteiger partial charge in [0.15, 0.2) is 0 Å². The SMILES string of the molecule is COc1ccc(C(F)(F)F)cc1CON. The van der Waals surface area contributed by atoms with Gasteiger partial charge in [-0.3, -0.25) is 4.84 Å². The van der Waals surface area contributed by atoms with Crippen LogP contribution in [0.2, 0.25) is 0 Å². The zero-order valence-corrected chi connectivity index (χ0v) is 7.97. The van der Waals surface area contributed by atoms with Crippen molar-refractivity contribution in [3.05, 3.63) is 29.3 Å². The molecule has 15 heavy (non-hydrogen) atoms. The van der Waals surface area contributed by atoms with Crippen molar-refractivity contribution in [3.8, 4) is 5.75 Å². The zero-order valence-electron chi connectivity index (χ0n) is 7.97. The Morgan fingerprint density at radius 2 is 2.00 bits per heavy atom. The van der Waals surface area contributed by atoms with Crippen LogP contribution in [-0.2, 0) is 17.6 Å². The van der Waals surface area contributed by atoms with Gasteiger partial charge >= 0.3 is 6.18 Å². The molecule has 0 amide bonds. The van der Waals surface area contributed by atoms with E-state index >= 15 is 0 Å². The van der Waals surface area contributed by atoms with Gasteiger partial charge < -0.3 is 4.74 Å². The Balaban J connectivity index is 3.10. The van der Waals surface area contributed by atoms with E-state index in [4.69, 9.17) is 10.6 Å². The maximum atomic E-state index is 12.3. The Morgan fingerprint density at radius 3 is 2.47 bits per heavy atom. The number of halogens is 3. The second-order valence-corrected chi connectivity index (χ2v) is 2.84. The molecule has 0 saturated carbocycles. The van der Waals surface area contributed by atoms with Crippen LogP contribution < -0.4 is 10.6 Å². The molecule has 0 aromatic heterocycles. The lowest BCUT2D eigenvalue weighted by molar-refractivity contribution is -0.137. The van der Waals surface area contributed by atoms with E-state index < -0.39 is 11.7 Å². The largest absolute Gasteiger partial charge is 0.496 e. The lowest BCUT2D eigenvalue weighted by Crippen LogP contribution is -2.08. The maximum absolute atomic E-state index is 12.3. The van der Waals surface area contributed by atoms with E-state index in [-0.39, 0.29) is 12.2 Å². The molecule has 1 aromatic carbocycles. The quantitative estimate of drug-likeness (QED) is 0.795. The molecular formula is C9H10F3NO2. The van der Waals surface area contributed by atoms with E-state index in [1.807, 2.05) is 0 Å². The Kier molecular flexibility index (Phi) is 3.54. The molecule has 0 spiro atoms. The third-order valence-corrected chi connectivity index (χ3v) is 1.85. The molecule has 0 atom stereocenters. The number of benzene rings is 1. The monoisotopic (exact) mass is 221 g/mol. The first-order valence-electron chi connectivity index (χ1n) is 4.05. The van der Waals surface area contributed by atoms with Gasteiger partial charge in [0.1, 0.15) is 5.75 Å². The van der Waals surface area contributed by atoms with E-state index in [9.17, 15) is 13.2 Å². The highest BCUT2D eigenvalue weighted by Crippen LogP contribution is 2.32. The highest BCUT2D eigenvalue weighted by atomic mass is 19.4. The number of hydrogen-bond acceptors (Lipinski definition) is 3. The molecule has 1 aromatic rings. The van der Waals surface area contributed by atoms with Crippen LogP contribution in [0.15, 0.2) is 18.2 Å².